The summed E-state index contributed by atoms with van der Waals surface area (Å²) in [7, 11) is 0. The Kier molecular flexibility index (Phi) is 6.52. The summed E-state index contributed by atoms with van der Waals surface area (Å²) in [6.45, 7) is 9.15. The van der Waals surface area contributed by atoms with E-state index in [1.165, 1.54) is 0 Å². The Labute approximate surface area is 205 Å². The lowest BCUT2D eigenvalue weighted by Gasteiger charge is -2.22. The number of anilines is 1. The molecule has 1 N–H and O–H groups in total. The van der Waals surface area contributed by atoms with Gasteiger partial charge in [0.05, 0.1) is 16.7 Å². The molecule has 0 aliphatic heterocycles. The van der Waals surface area contributed by atoms with Crippen LogP contribution >= 0.6 is 15.9 Å². The number of hydrogen-bond acceptors (Lipinski definition) is 7. The third-order valence-electron chi connectivity index (χ3n) is 4.70. The quantitative estimate of drug-likeness (QED) is 0.330. The number of nitrogens with zero attached hydrogens (tertiary/aromatic N) is 5. The number of ether oxygens (including phenoxy) is 2. The highest BCUT2D eigenvalue weighted by Crippen LogP contribution is 2.33. The standard InChI is InChI=1S/C24H25BrN6O3/c1-14-7-8-16-17(27-14)13-19(22(28-16)30-23(32)34-24(3,4)5)33-15(2)21-18(9-10-20(25)29-21)31-12-6-11-26-31/h6-13,15H,1-5H3,(H,28,30,32)/t15-/m0/s1. The number of aromatic nitrogens is 5. The van der Waals surface area contributed by atoms with Crippen molar-refractivity contribution < 1.29 is 14.3 Å². The van der Waals surface area contributed by atoms with Gasteiger partial charge in [-0.15, -0.1) is 0 Å². The third-order valence-corrected chi connectivity index (χ3v) is 5.14. The van der Waals surface area contributed by atoms with Crippen molar-refractivity contribution in [3.8, 4) is 11.4 Å². The number of rotatable bonds is 5. The van der Waals surface area contributed by atoms with Crippen LogP contribution in [0.25, 0.3) is 16.7 Å². The molecule has 0 unspecified atom stereocenters. The van der Waals surface area contributed by atoms with Gasteiger partial charge in [-0.25, -0.2) is 19.4 Å². The van der Waals surface area contributed by atoms with Gasteiger partial charge >= 0.3 is 6.09 Å². The van der Waals surface area contributed by atoms with E-state index in [4.69, 9.17) is 9.47 Å². The molecule has 0 saturated carbocycles. The third kappa shape index (κ3) is 5.51. The fourth-order valence-electron chi connectivity index (χ4n) is 3.31. The summed E-state index contributed by atoms with van der Waals surface area (Å²) in [4.78, 5) is 26.3. The highest BCUT2D eigenvalue weighted by atomic mass is 79.9. The van der Waals surface area contributed by atoms with E-state index in [-0.39, 0.29) is 5.82 Å². The van der Waals surface area contributed by atoms with Crippen LogP contribution in [0.15, 0.2) is 53.4 Å². The van der Waals surface area contributed by atoms with E-state index < -0.39 is 17.8 Å². The molecule has 4 aromatic heterocycles. The Bertz CT molecular complexity index is 1330. The molecule has 0 saturated heterocycles. The van der Waals surface area contributed by atoms with Gasteiger partial charge in [-0.3, -0.25) is 10.3 Å². The molecule has 0 radical (unpaired) electrons. The fourth-order valence-corrected chi connectivity index (χ4v) is 3.63. The monoisotopic (exact) mass is 524 g/mol. The number of nitrogens with one attached hydrogen (secondary N) is 1. The molecule has 4 heterocycles. The summed E-state index contributed by atoms with van der Waals surface area (Å²) in [6.07, 6.45) is 2.39. The minimum atomic E-state index is -0.660. The smallest absolute Gasteiger partial charge is 0.413 e. The summed E-state index contributed by atoms with van der Waals surface area (Å²) in [5.74, 6) is 0.576. The zero-order valence-corrected chi connectivity index (χ0v) is 21.1. The molecule has 0 aliphatic carbocycles. The van der Waals surface area contributed by atoms with Crippen molar-refractivity contribution in [3.05, 3.63) is 64.8 Å². The van der Waals surface area contributed by atoms with Gasteiger partial charge in [0.2, 0.25) is 0 Å². The van der Waals surface area contributed by atoms with E-state index in [0.717, 1.165) is 11.4 Å². The molecule has 0 aromatic carbocycles. The van der Waals surface area contributed by atoms with Gasteiger partial charge in [0.25, 0.3) is 0 Å². The molecular weight excluding hydrogens is 500 g/mol. The van der Waals surface area contributed by atoms with E-state index in [0.29, 0.717) is 27.1 Å². The van der Waals surface area contributed by atoms with Crippen LogP contribution in [0.5, 0.6) is 5.75 Å². The van der Waals surface area contributed by atoms with Crippen LogP contribution < -0.4 is 10.1 Å². The van der Waals surface area contributed by atoms with Crippen molar-refractivity contribution in [2.24, 2.45) is 0 Å². The van der Waals surface area contributed by atoms with Gasteiger partial charge in [0.15, 0.2) is 11.6 Å². The van der Waals surface area contributed by atoms with Gasteiger partial charge in [0, 0.05) is 24.2 Å². The number of fused-ring (bicyclic) bond motifs is 1. The van der Waals surface area contributed by atoms with Crippen LogP contribution in [0, 0.1) is 6.92 Å². The number of pyridine rings is 3. The SMILES string of the molecule is Cc1ccc2nc(NC(=O)OC(C)(C)C)c(O[C@@H](C)c3nc(Br)ccc3-n3cccn3)cc2n1. The average Bonchev–Trinajstić information content (AvgIpc) is 3.27. The average molecular weight is 525 g/mol. The molecule has 1 atom stereocenters. The lowest BCUT2D eigenvalue weighted by atomic mass is 10.2. The summed E-state index contributed by atoms with van der Waals surface area (Å²) < 4.78 is 14.1. The normalized spacial score (nSPS) is 12.4. The molecule has 0 spiro atoms. The molecule has 1 amide bonds. The summed E-state index contributed by atoms with van der Waals surface area (Å²) >= 11 is 3.44. The fraction of sp³-hybridized carbons (Fsp3) is 0.292. The summed E-state index contributed by atoms with van der Waals surface area (Å²) in [5, 5.41) is 7.03. The molecule has 4 rings (SSSR count). The number of carbonyl (C=O) groups is 1. The Morgan fingerprint density at radius 1 is 1.12 bits per heavy atom. The maximum absolute atomic E-state index is 12.5. The van der Waals surface area contributed by atoms with Gasteiger partial charge < -0.3 is 9.47 Å². The largest absolute Gasteiger partial charge is 0.480 e. The zero-order valence-electron chi connectivity index (χ0n) is 19.5. The highest BCUT2D eigenvalue weighted by Gasteiger charge is 2.22. The Balaban J connectivity index is 1.73. The molecule has 0 fully saturated rings. The van der Waals surface area contributed by atoms with Crippen molar-refractivity contribution in [1.29, 1.82) is 0 Å². The van der Waals surface area contributed by atoms with Crippen LogP contribution in [0.4, 0.5) is 10.6 Å². The molecule has 34 heavy (non-hydrogen) atoms. The van der Waals surface area contributed by atoms with Crippen LogP contribution in [-0.2, 0) is 4.74 Å². The van der Waals surface area contributed by atoms with Crippen molar-refractivity contribution in [1.82, 2.24) is 24.7 Å². The molecule has 176 valence electrons. The number of carbonyl (C=O) groups excluding carboxylic acids is 1. The van der Waals surface area contributed by atoms with Gasteiger partial charge in [-0.2, -0.15) is 5.10 Å². The van der Waals surface area contributed by atoms with E-state index >= 15 is 0 Å². The van der Waals surface area contributed by atoms with Crippen molar-refractivity contribution in [3.63, 3.8) is 0 Å². The molecule has 4 aromatic rings. The topological polar surface area (TPSA) is 104 Å². The molecular formula is C24H25BrN6O3. The lowest BCUT2D eigenvalue weighted by molar-refractivity contribution is 0.0634. The number of halogens is 1. The molecule has 9 nitrogen and oxygen atoms in total. The van der Waals surface area contributed by atoms with E-state index in [1.54, 1.807) is 37.7 Å². The van der Waals surface area contributed by atoms with E-state index in [1.807, 2.05) is 50.4 Å². The first-order chi connectivity index (χ1) is 16.1. The number of hydrogen-bond donors (Lipinski definition) is 1. The van der Waals surface area contributed by atoms with Crippen molar-refractivity contribution >= 4 is 38.9 Å². The lowest BCUT2D eigenvalue weighted by Crippen LogP contribution is -2.27. The zero-order chi connectivity index (χ0) is 24.5. The molecule has 0 aliphatic rings. The Morgan fingerprint density at radius 2 is 1.91 bits per heavy atom. The van der Waals surface area contributed by atoms with Crippen LogP contribution in [-0.4, -0.2) is 36.4 Å². The summed E-state index contributed by atoms with van der Waals surface area (Å²) in [6, 6.07) is 11.0. The minimum Gasteiger partial charge on any atom is -0.480 e. The first-order valence-electron chi connectivity index (χ1n) is 10.7. The van der Waals surface area contributed by atoms with Gasteiger partial charge in [-0.05, 0) is 80.9 Å². The number of amides is 1. The minimum absolute atomic E-state index is 0.231. The maximum atomic E-state index is 12.5. The predicted octanol–water partition coefficient (Wildman–Crippen LogP) is 5.77. The predicted molar refractivity (Wildman–Crippen MR) is 132 cm³/mol. The second-order valence-electron chi connectivity index (χ2n) is 8.70. The second-order valence-corrected chi connectivity index (χ2v) is 9.51. The second kappa shape index (κ2) is 9.38. The van der Waals surface area contributed by atoms with E-state index in [9.17, 15) is 4.79 Å². The number of aryl methyl sites for hydroxylation is 1. The summed E-state index contributed by atoms with van der Waals surface area (Å²) in [5.41, 5.74) is 2.87. The maximum Gasteiger partial charge on any atom is 0.413 e. The van der Waals surface area contributed by atoms with Crippen molar-refractivity contribution in [2.45, 2.75) is 46.3 Å². The Morgan fingerprint density at radius 3 is 2.62 bits per heavy atom. The first kappa shape index (κ1) is 23.6. The Hall–Kier alpha value is -3.53. The van der Waals surface area contributed by atoms with Crippen molar-refractivity contribution in [2.75, 3.05) is 5.32 Å². The van der Waals surface area contributed by atoms with Crippen LogP contribution in [0.2, 0.25) is 0 Å². The van der Waals surface area contributed by atoms with E-state index in [2.05, 4.69) is 41.3 Å². The van der Waals surface area contributed by atoms with Crippen LogP contribution in [0.1, 0.15) is 45.2 Å². The van der Waals surface area contributed by atoms with Gasteiger partial charge in [0.1, 0.15) is 22.0 Å². The first-order valence-corrected chi connectivity index (χ1v) is 11.5. The van der Waals surface area contributed by atoms with Crippen LogP contribution in [0.3, 0.4) is 0 Å². The molecule has 0 bridgehead atoms. The highest BCUT2D eigenvalue weighted by molar-refractivity contribution is 9.10. The van der Waals surface area contributed by atoms with Gasteiger partial charge in [-0.1, -0.05) is 0 Å². The molecule has 10 heteroatoms.